The van der Waals surface area contributed by atoms with Gasteiger partial charge in [-0.25, -0.2) is 4.39 Å². The van der Waals surface area contributed by atoms with Gasteiger partial charge in [-0.3, -0.25) is 0 Å². The monoisotopic (exact) mass is 302 g/mol. The van der Waals surface area contributed by atoms with E-state index in [4.69, 9.17) is 11.5 Å². The van der Waals surface area contributed by atoms with Crippen LogP contribution in [0.2, 0.25) is 0 Å². The normalized spacial score (nSPS) is 17.8. The highest BCUT2D eigenvalue weighted by Crippen LogP contribution is 2.25. The Morgan fingerprint density at radius 3 is 2.82 bits per heavy atom. The zero-order valence-corrected chi connectivity index (χ0v) is 12.4. The Hall–Kier alpha value is -2.41. The Kier molecular flexibility index (Phi) is 3.81. The quantitative estimate of drug-likeness (QED) is 0.800. The van der Waals surface area contributed by atoms with Gasteiger partial charge in [-0.15, -0.1) is 0 Å². The topological polar surface area (TPSA) is 93.1 Å². The van der Waals surface area contributed by atoms with Crippen molar-refractivity contribution in [2.45, 2.75) is 19.4 Å². The highest BCUT2D eigenvalue weighted by atomic mass is 19.1. The summed E-state index contributed by atoms with van der Waals surface area (Å²) in [6.07, 6.45) is 0.934. The molecular formula is C15H19FN6. The molecule has 116 valence electrons. The molecule has 7 heteroatoms. The van der Waals surface area contributed by atoms with Crippen molar-refractivity contribution in [3.05, 3.63) is 35.6 Å². The zero-order valence-electron chi connectivity index (χ0n) is 12.4. The molecule has 22 heavy (non-hydrogen) atoms. The SMILES string of the molecule is Cc1cc(F)ccc1Nc1cc(N2CC[C@@H](N)C2)nc(N)n1. The Bertz CT molecular complexity index is 690. The number of nitrogen functional groups attached to an aromatic ring is 1. The molecule has 0 saturated carbocycles. The minimum Gasteiger partial charge on any atom is -0.368 e. The maximum atomic E-state index is 13.2. The Morgan fingerprint density at radius 2 is 2.14 bits per heavy atom. The van der Waals surface area contributed by atoms with Gasteiger partial charge in [-0.05, 0) is 37.1 Å². The Morgan fingerprint density at radius 1 is 1.32 bits per heavy atom. The number of halogens is 1. The van der Waals surface area contributed by atoms with Crippen LogP contribution >= 0.6 is 0 Å². The number of benzene rings is 1. The summed E-state index contributed by atoms with van der Waals surface area (Å²) in [5.74, 6) is 1.26. The van der Waals surface area contributed by atoms with E-state index in [2.05, 4.69) is 20.2 Å². The predicted octanol–water partition coefficient (Wildman–Crippen LogP) is 1.79. The molecule has 5 N–H and O–H groups in total. The van der Waals surface area contributed by atoms with E-state index < -0.39 is 0 Å². The number of hydrogen-bond acceptors (Lipinski definition) is 6. The summed E-state index contributed by atoms with van der Waals surface area (Å²) in [6.45, 7) is 3.44. The number of nitrogens with one attached hydrogen (secondary N) is 1. The van der Waals surface area contributed by atoms with Gasteiger partial charge in [-0.1, -0.05) is 0 Å². The van der Waals surface area contributed by atoms with E-state index in [-0.39, 0.29) is 17.8 Å². The Labute approximate surface area is 128 Å². The van der Waals surface area contributed by atoms with E-state index in [1.807, 2.05) is 13.0 Å². The molecule has 2 aromatic rings. The summed E-state index contributed by atoms with van der Waals surface area (Å²) in [6, 6.07) is 6.53. The van der Waals surface area contributed by atoms with Crippen LogP contribution in [0.15, 0.2) is 24.3 Å². The van der Waals surface area contributed by atoms with Crippen LogP contribution < -0.4 is 21.7 Å². The molecule has 0 amide bonds. The summed E-state index contributed by atoms with van der Waals surface area (Å²) >= 11 is 0. The minimum atomic E-state index is -0.267. The largest absolute Gasteiger partial charge is 0.368 e. The summed E-state index contributed by atoms with van der Waals surface area (Å²) in [7, 11) is 0. The van der Waals surface area contributed by atoms with Crippen LogP contribution in [0, 0.1) is 12.7 Å². The lowest BCUT2D eigenvalue weighted by Crippen LogP contribution is -2.27. The van der Waals surface area contributed by atoms with E-state index in [1.54, 1.807) is 6.07 Å². The lowest BCUT2D eigenvalue weighted by atomic mass is 10.2. The van der Waals surface area contributed by atoms with Crippen LogP contribution in [-0.2, 0) is 0 Å². The first kappa shape index (κ1) is 14.5. The van der Waals surface area contributed by atoms with Crippen molar-refractivity contribution in [3.63, 3.8) is 0 Å². The van der Waals surface area contributed by atoms with Crippen LogP contribution in [-0.4, -0.2) is 29.1 Å². The molecule has 0 radical (unpaired) electrons. The van der Waals surface area contributed by atoms with Crippen molar-refractivity contribution >= 4 is 23.3 Å². The number of aromatic nitrogens is 2. The molecule has 1 atom stereocenters. The molecule has 0 spiro atoms. The number of nitrogens with two attached hydrogens (primary N) is 2. The van der Waals surface area contributed by atoms with E-state index in [0.717, 1.165) is 36.6 Å². The lowest BCUT2D eigenvalue weighted by molar-refractivity contribution is 0.627. The first-order valence-corrected chi connectivity index (χ1v) is 7.19. The average molecular weight is 302 g/mol. The summed E-state index contributed by atoms with van der Waals surface area (Å²) < 4.78 is 13.2. The van der Waals surface area contributed by atoms with Crippen molar-refractivity contribution in [2.75, 3.05) is 29.0 Å². The van der Waals surface area contributed by atoms with Crippen LogP contribution in [0.4, 0.5) is 27.7 Å². The highest BCUT2D eigenvalue weighted by Gasteiger charge is 2.21. The Balaban J connectivity index is 1.86. The van der Waals surface area contributed by atoms with Crippen LogP contribution in [0.1, 0.15) is 12.0 Å². The van der Waals surface area contributed by atoms with Gasteiger partial charge in [0.15, 0.2) is 0 Å². The minimum absolute atomic E-state index is 0.159. The molecule has 0 aliphatic carbocycles. The van der Waals surface area contributed by atoms with Gasteiger partial charge >= 0.3 is 0 Å². The van der Waals surface area contributed by atoms with E-state index in [9.17, 15) is 4.39 Å². The van der Waals surface area contributed by atoms with Crippen molar-refractivity contribution < 1.29 is 4.39 Å². The molecule has 0 bridgehead atoms. The molecule has 1 aromatic carbocycles. The van der Waals surface area contributed by atoms with Gasteiger partial charge in [0.25, 0.3) is 0 Å². The molecule has 1 saturated heterocycles. The van der Waals surface area contributed by atoms with Crippen LogP contribution in [0.5, 0.6) is 0 Å². The molecule has 1 aliphatic heterocycles. The molecule has 6 nitrogen and oxygen atoms in total. The van der Waals surface area contributed by atoms with Gasteiger partial charge in [0, 0.05) is 30.9 Å². The molecule has 3 rings (SSSR count). The van der Waals surface area contributed by atoms with Gasteiger partial charge in [0.1, 0.15) is 17.5 Å². The van der Waals surface area contributed by atoms with Crippen LogP contribution in [0.3, 0.4) is 0 Å². The van der Waals surface area contributed by atoms with Crippen LogP contribution in [0.25, 0.3) is 0 Å². The number of aryl methyl sites for hydroxylation is 1. The molecule has 1 aliphatic rings. The van der Waals surface area contributed by atoms with Gasteiger partial charge < -0.3 is 21.7 Å². The van der Waals surface area contributed by atoms with Gasteiger partial charge in [0.2, 0.25) is 5.95 Å². The number of rotatable bonds is 3. The van der Waals surface area contributed by atoms with E-state index >= 15 is 0 Å². The fourth-order valence-electron chi connectivity index (χ4n) is 2.58. The smallest absolute Gasteiger partial charge is 0.223 e. The fraction of sp³-hybridized carbons (Fsp3) is 0.333. The molecule has 2 heterocycles. The number of anilines is 4. The second-order valence-electron chi connectivity index (χ2n) is 5.55. The summed E-state index contributed by atoms with van der Waals surface area (Å²) in [5.41, 5.74) is 13.3. The second kappa shape index (κ2) is 5.76. The maximum Gasteiger partial charge on any atom is 0.223 e. The summed E-state index contributed by atoms with van der Waals surface area (Å²) in [4.78, 5) is 10.5. The van der Waals surface area contributed by atoms with Crippen molar-refractivity contribution in [1.82, 2.24) is 9.97 Å². The molecule has 0 unspecified atom stereocenters. The fourth-order valence-corrected chi connectivity index (χ4v) is 2.58. The van der Waals surface area contributed by atoms with Crippen molar-refractivity contribution in [2.24, 2.45) is 5.73 Å². The summed E-state index contributed by atoms with van der Waals surface area (Å²) in [5, 5.41) is 3.16. The van der Waals surface area contributed by atoms with Gasteiger partial charge in [0.05, 0.1) is 0 Å². The number of hydrogen-bond donors (Lipinski definition) is 3. The number of nitrogens with zero attached hydrogens (tertiary/aromatic N) is 3. The van der Waals surface area contributed by atoms with Crippen molar-refractivity contribution in [1.29, 1.82) is 0 Å². The average Bonchev–Trinajstić information content (AvgIpc) is 2.88. The van der Waals surface area contributed by atoms with E-state index in [1.165, 1.54) is 12.1 Å². The third-order valence-corrected chi connectivity index (χ3v) is 3.73. The molecular weight excluding hydrogens is 283 g/mol. The van der Waals surface area contributed by atoms with E-state index in [0.29, 0.717) is 5.82 Å². The standard InChI is InChI=1S/C15H19FN6/c1-9-6-10(16)2-3-12(9)19-13-7-14(21-15(18)20-13)22-5-4-11(17)8-22/h2-3,6-7,11H,4-5,8,17H2,1H3,(H3,18,19,20,21)/t11-/m1/s1. The lowest BCUT2D eigenvalue weighted by Gasteiger charge is -2.18. The maximum absolute atomic E-state index is 13.2. The molecule has 1 aromatic heterocycles. The zero-order chi connectivity index (χ0) is 15.7. The third-order valence-electron chi connectivity index (χ3n) is 3.73. The first-order chi connectivity index (χ1) is 10.5. The predicted molar refractivity (Wildman–Crippen MR) is 85.7 cm³/mol. The highest BCUT2D eigenvalue weighted by molar-refractivity contribution is 5.64. The molecule has 1 fully saturated rings. The van der Waals surface area contributed by atoms with Crippen molar-refractivity contribution in [3.8, 4) is 0 Å². The van der Waals surface area contributed by atoms with Gasteiger partial charge in [-0.2, -0.15) is 9.97 Å². The third kappa shape index (κ3) is 3.09. The first-order valence-electron chi connectivity index (χ1n) is 7.19. The second-order valence-corrected chi connectivity index (χ2v) is 5.55.